The van der Waals surface area contributed by atoms with Gasteiger partial charge in [-0.15, -0.1) is 0 Å². The van der Waals surface area contributed by atoms with Gasteiger partial charge in [-0.1, -0.05) is 0 Å². The van der Waals surface area contributed by atoms with Gasteiger partial charge < -0.3 is 50.6 Å². The normalized spacial score (nSPS) is 29.6. The van der Waals surface area contributed by atoms with Gasteiger partial charge in [-0.05, 0) is 0 Å². The van der Waals surface area contributed by atoms with Gasteiger partial charge in [-0.2, -0.15) is 4.98 Å². The summed E-state index contributed by atoms with van der Waals surface area (Å²) in [7, 11) is -8.95. The van der Waals surface area contributed by atoms with Crippen molar-refractivity contribution in [3.8, 4) is 0 Å². The molecule has 0 saturated carbocycles. The highest BCUT2D eigenvalue weighted by molar-refractivity contribution is 7.47. The maximum absolute atomic E-state index is 13.2. The number of rotatable bonds is 11. The van der Waals surface area contributed by atoms with E-state index in [1.807, 2.05) is 0 Å². The molecule has 4 aromatic rings. The molecule has 256 valence electrons. The molecule has 2 aliphatic rings. The molecule has 0 radical (unpaired) electrons. The summed E-state index contributed by atoms with van der Waals surface area (Å²) in [5, 5.41) is 21.3. The van der Waals surface area contributed by atoms with Crippen LogP contribution in [0.5, 0.6) is 0 Å². The van der Waals surface area contributed by atoms with Gasteiger partial charge in [0.05, 0.1) is 25.9 Å². The zero-order chi connectivity index (χ0) is 33.8. The molecule has 6 rings (SSSR count). The topological polar surface area (TPSA) is 350 Å². The van der Waals surface area contributed by atoms with Crippen LogP contribution in [0, 0.1) is 0 Å². The van der Waals surface area contributed by atoms with Crippen LogP contribution >= 0.6 is 15.6 Å². The first-order valence-electron chi connectivity index (χ1n) is 13.4. The molecule has 24 nitrogen and oxygen atoms in total. The summed E-state index contributed by atoms with van der Waals surface area (Å²) in [6, 6.07) is 0. The zero-order valence-electron chi connectivity index (χ0n) is 23.9. The Morgan fingerprint density at radius 2 is 1.55 bits per heavy atom. The highest BCUT2D eigenvalue weighted by atomic mass is 31.2. The number of phosphoric ester groups is 2. The molecule has 1 unspecified atom stereocenters. The van der Waals surface area contributed by atoms with Crippen LogP contribution in [-0.2, 0) is 36.9 Å². The van der Waals surface area contributed by atoms with Gasteiger partial charge in [0.2, 0.25) is 5.95 Å². The molecule has 0 aromatic carbocycles. The van der Waals surface area contributed by atoms with E-state index in [-0.39, 0.29) is 34.1 Å². The average Bonchev–Trinajstić information content (AvgIpc) is 3.75. The number of anilines is 2. The number of aromatic nitrogens is 8. The molecule has 2 saturated heterocycles. The third-order valence-electron chi connectivity index (χ3n) is 7.34. The Labute approximate surface area is 261 Å². The van der Waals surface area contributed by atoms with E-state index in [2.05, 4.69) is 34.4 Å². The van der Waals surface area contributed by atoms with E-state index in [1.54, 1.807) is 0 Å². The number of nitrogen functional groups attached to an aromatic ring is 2. The number of hydrogen-bond acceptors (Lipinski definition) is 18. The van der Waals surface area contributed by atoms with Crippen molar-refractivity contribution in [1.29, 1.82) is 0 Å². The van der Waals surface area contributed by atoms with Crippen molar-refractivity contribution >= 4 is 49.7 Å². The SMILES string of the molecule is CO[C@H]1[C@@H](OP(=O)(O)OC[C@H]2O[C@@H](n3cnc4c(=O)[nH]c(N)nc43)[C@@H](O)[C@H]2O)[C@@H](COP(=O)(O)O)O[C@H]1n1cnc2c(N)ncnc21. The first-order chi connectivity index (χ1) is 22.2. The molecule has 4 aromatic heterocycles. The first kappa shape index (κ1) is 33.4. The number of H-pyrrole nitrogens is 1. The number of fused-ring (bicyclic) bond motifs is 2. The zero-order valence-corrected chi connectivity index (χ0v) is 25.6. The summed E-state index contributed by atoms with van der Waals surface area (Å²) in [6.07, 6.45) is -7.99. The minimum Gasteiger partial charge on any atom is -0.387 e. The number of nitrogens with two attached hydrogens (primary N) is 2. The van der Waals surface area contributed by atoms with E-state index in [0.29, 0.717) is 0 Å². The second kappa shape index (κ2) is 12.5. The fourth-order valence-corrected chi connectivity index (χ4v) is 6.55. The molecule has 47 heavy (non-hydrogen) atoms. The lowest BCUT2D eigenvalue weighted by Crippen LogP contribution is -2.38. The predicted molar refractivity (Wildman–Crippen MR) is 152 cm³/mol. The number of imidazole rings is 2. The van der Waals surface area contributed by atoms with Crippen molar-refractivity contribution in [3.63, 3.8) is 0 Å². The number of aliphatic hydroxyl groups excluding tert-OH is 2. The van der Waals surface area contributed by atoms with Gasteiger partial charge in [0, 0.05) is 7.11 Å². The highest BCUT2D eigenvalue weighted by Crippen LogP contribution is 2.50. The van der Waals surface area contributed by atoms with Crippen LogP contribution in [-0.4, -0.2) is 121 Å². The first-order valence-corrected chi connectivity index (χ1v) is 16.4. The van der Waals surface area contributed by atoms with E-state index in [9.17, 15) is 38.8 Å². The van der Waals surface area contributed by atoms with Crippen molar-refractivity contribution in [3.05, 3.63) is 29.3 Å². The molecule has 0 aliphatic carbocycles. The van der Waals surface area contributed by atoms with Crippen molar-refractivity contribution < 1.29 is 61.8 Å². The van der Waals surface area contributed by atoms with Crippen LogP contribution < -0.4 is 17.0 Å². The average molecular weight is 706 g/mol. The maximum atomic E-state index is 13.2. The summed E-state index contributed by atoms with van der Waals surface area (Å²) in [4.78, 5) is 63.6. The smallest absolute Gasteiger partial charge is 0.387 e. The van der Waals surface area contributed by atoms with Gasteiger partial charge in [0.15, 0.2) is 35.1 Å². The number of hydrogen-bond donors (Lipinski definition) is 8. The summed E-state index contributed by atoms with van der Waals surface area (Å²) >= 11 is 0. The predicted octanol–water partition coefficient (Wildman–Crippen LogP) is -2.73. The molecule has 2 aliphatic heterocycles. The van der Waals surface area contributed by atoms with Gasteiger partial charge in [0.1, 0.15) is 48.5 Å². The molecule has 0 bridgehead atoms. The fraction of sp³-hybridized carbons (Fsp3) is 0.524. The number of nitrogens with one attached hydrogen (secondary N) is 1. The largest absolute Gasteiger partial charge is 0.472 e. The molecular weight excluding hydrogens is 678 g/mol. The van der Waals surface area contributed by atoms with Crippen LogP contribution in [0.4, 0.5) is 11.8 Å². The molecule has 0 amide bonds. The Hall–Kier alpha value is -3.48. The molecule has 6 heterocycles. The van der Waals surface area contributed by atoms with Gasteiger partial charge in [-0.3, -0.25) is 32.5 Å². The second-order valence-corrected chi connectivity index (χ2v) is 12.9. The monoisotopic (exact) mass is 706 g/mol. The Kier molecular flexibility index (Phi) is 8.90. The van der Waals surface area contributed by atoms with Crippen molar-refractivity contribution in [2.75, 3.05) is 31.8 Å². The number of aromatic amines is 1. The molecule has 0 spiro atoms. The lowest BCUT2D eigenvalue weighted by molar-refractivity contribution is -0.0582. The van der Waals surface area contributed by atoms with Gasteiger partial charge in [0.25, 0.3) is 5.56 Å². The molecular formula is C21H28N10O14P2. The van der Waals surface area contributed by atoms with Gasteiger partial charge in [-0.25, -0.2) is 29.1 Å². The molecule has 26 heteroatoms. The summed E-state index contributed by atoms with van der Waals surface area (Å²) < 4.78 is 59.3. The lowest BCUT2D eigenvalue weighted by Gasteiger charge is -2.26. The van der Waals surface area contributed by atoms with E-state index in [4.69, 9.17) is 34.7 Å². The van der Waals surface area contributed by atoms with E-state index < -0.39 is 83.5 Å². The van der Waals surface area contributed by atoms with Crippen LogP contribution in [0.15, 0.2) is 23.8 Å². The van der Waals surface area contributed by atoms with Crippen LogP contribution in [0.2, 0.25) is 0 Å². The number of nitrogens with zero attached hydrogens (tertiary/aromatic N) is 7. The second-order valence-electron chi connectivity index (χ2n) is 10.3. The van der Waals surface area contributed by atoms with E-state index >= 15 is 0 Å². The van der Waals surface area contributed by atoms with Crippen molar-refractivity contribution in [2.24, 2.45) is 0 Å². The van der Waals surface area contributed by atoms with E-state index in [1.165, 1.54) is 18.0 Å². The Balaban J connectivity index is 1.20. The fourth-order valence-electron chi connectivity index (χ4n) is 5.25. The standard InChI is InChI=1S/C21H28N10O14P2/c1-40-14-13(8(3-41-46(35,36)37)44-20(14)30-5-26-9-15(22)24-4-25-16(9)30)45-47(38,39)42-2-7-11(32)12(33)19(43-7)31-6-27-10-17(31)28-21(23)29-18(10)34/h4-8,11-14,19-20,32-33H,2-3H2,1H3,(H,38,39)(H2,22,24,25)(H2,35,36,37)(H3,23,28,29,34)/t7-,8-,11+,12+,13+,14+,19-,20-/m1/s1. The summed E-state index contributed by atoms with van der Waals surface area (Å²) in [5.74, 6) is -0.201. The minimum absolute atomic E-state index is 0.0436. The van der Waals surface area contributed by atoms with Crippen LogP contribution in [0.3, 0.4) is 0 Å². The van der Waals surface area contributed by atoms with Crippen LogP contribution in [0.1, 0.15) is 12.5 Å². The highest BCUT2D eigenvalue weighted by Gasteiger charge is 2.52. The number of aliphatic hydroxyl groups is 2. The molecule has 9 atom stereocenters. The van der Waals surface area contributed by atoms with Gasteiger partial charge >= 0.3 is 15.6 Å². The summed E-state index contributed by atoms with van der Waals surface area (Å²) in [6.45, 7) is -1.64. The molecule has 10 N–H and O–H groups in total. The quantitative estimate of drug-likeness (QED) is 0.0733. The van der Waals surface area contributed by atoms with E-state index in [0.717, 1.165) is 17.2 Å². The van der Waals surface area contributed by atoms with Crippen LogP contribution in [0.25, 0.3) is 22.3 Å². The Morgan fingerprint density at radius 1 is 0.894 bits per heavy atom. The third-order valence-corrected chi connectivity index (χ3v) is 8.82. The Bertz CT molecular complexity index is 1930. The van der Waals surface area contributed by atoms with Crippen molar-refractivity contribution in [2.45, 2.75) is 49.1 Å². The Morgan fingerprint density at radius 3 is 2.26 bits per heavy atom. The number of phosphoric acid groups is 2. The summed E-state index contributed by atoms with van der Waals surface area (Å²) in [5.41, 5.74) is 11.0. The number of ether oxygens (including phenoxy) is 3. The molecule has 2 fully saturated rings. The number of methoxy groups -OCH3 is 1. The lowest BCUT2D eigenvalue weighted by atomic mass is 10.1. The van der Waals surface area contributed by atoms with Crippen molar-refractivity contribution in [1.82, 2.24) is 39.0 Å². The maximum Gasteiger partial charge on any atom is 0.472 e. The third kappa shape index (κ3) is 6.51. The minimum atomic E-state index is -5.13.